The number of hydrogen-bond acceptors (Lipinski definition) is 5. The van der Waals surface area contributed by atoms with Crippen molar-refractivity contribution in [2.45, 2.75) is 19.1 Å². The zero-order valence-electron chi connectivity index (χ0n) is 17.3. The molecule has 3 aromatic carbocycles. The molecule has 0 aromatic heterocycles. The Hall–Kier alpha value is -2.93. The van der Waals surface area contributed by atoms with Crippen molar-refractivity contribution >= 4 is 0 Å². The predicted molar refractivity (Wildman–Crippen MR) is 118 cm³/mol. The number of ether oxygens (including phenoxy) is 2. The van der Waals surface area contributed by atoms with Gasteiger partial charge in [0.2, 0.25) is 0 Å². The first-order chi connectivity index (χ1) is 15.1. The van der Waals surface area contributed by atoms with Crippen LogP contribution in [0.1, 0.15) is 22.8 Å². The molecule has 0 spiro atoms. The van der Waals surface area contributed by atoms with Crippen molar-refractivity contribution in [3.63, 3.8) is 0 Å². The maximum absolute atomic E-state index is 13.4. The van der Waals surface area contributed by atoms with Crippen molar-refractivity contribution in [1.82, 2.24) is 5.32 Å². The van der Waals surface area contributed by atoms with Crippen molar-refractivity contribution in [3.8, 4) is 11.5 Å². The van der Waals surface area contributed by atoms with Crippen molar-refractivity contribution in [3.05, 3.63) is 95.3 Å². The molecule has 1 atom stereocenters. The summed E-state index contributed by atoms with van der Waals surface area (Å²) in [6.45, 7) is 2.56. The molecule has 0 fully saturated rings. The van der Waals surface area contributed by atoms with Gasteiger partial charge >= 0.3 is 0 Å². The molecule has 164 valence electrons. The number of aliphatic hydroxyl groups is 1. The monoisotopic (exact) mass is 425 g/mol. The van der Waals surface area contributed by atoms with E-state index in [1.165, 1.54) is 12.1 Å². The van der Waals surface area contributed by atoms with E-state index in [1.54, 1.807) is 0 Å². The second kappa shape index (κ2) is 12.1. The number of aromatic hydroxyl groups is 1. The Labute approximate surface area is 182 Å². The fraction of sp³-hybridized carbons (Fsp3) is 0.280. The summed E-state index contributed by atoms with van der Waals surface area (Å²) in [7, 11) is 0. The Morgan fingerprint density at radius 1 is 0.903 bits per heavy atom. The summed E-state index contributed by atoms with van der Waals surface area (Å²) in [6.07, 6.45) is -0.0492. The van der Waals surface area contributed by atoms with Crippen molar-refractivity contribution in [2.75, 3.05) is 26.3 Å². The Morgan fingerprint density at radius 3 is 2.42 bits per heavy atom. The van der Waals surface area contributed by atoms with Crippen LogP contribution < -0.4 is 10.1 Å². The largest absolute Gasteiger partial charge is 0.505 e. The number of nitrogens with one attached hydrogen (secondary N) is 1. The van der Waals surface area contributed by atoms with Crippen molar-refractivity contribution in [2.24, 2.45) is 0 Å². The summed E-state index contributed by atoms with van der Waals surface area (Å²) in [5.41, 5.74) is 2.71. The van der Waals surface area contributed by atoms with E-state index in [0.717, 1.165) is 29.4 Å². The van der Waals surface area contributed by atoms with E-state index in [1.807, 2.05) is 54.6 Å². The quantitative estimate of drug-likeness (QED) is 0.383. The van der Waals surface area contributed by atoms with Crippen LogP contribution in [0.5, 0.6) is 11.5 Å². The smallest absolute Gasteiger partial charge is 0.165 e. The average molecular weight is 426 g/mol. The van der Waals surface area contributed by atoms with Crippen molar-refractivity contribution < 1.29 is 24.1 Å². The molecule has 1 unspecified atom stereocenters. The number of hydrogen-bond donors (Lipinski definition) is 3. The molecule has 3 rings (SSSR count). The number of benzene rings is 3. The molecule has 0 saturated heterocycles. The fourth-order valence-corrected chi connectivity index (χ4v) is 3.05. The lowest BCUT2D eigenvalue weighted by Gasteiger charge is -2.13. The van der Waals surface area contributed by atoms with Crippen LogP contribution in [-0.2, 0) is 17.8 Å². The highest BCUT2D eigenvalue weighted by atomic mass is 19.1. The third-order valence-electron chi connectivity index (χ3n) is 4.82. The summed E-state index contributed by atoms with van der Waals surface area (Å²) in [6, 6.07) is 21.8. The van der Waals surface area contributed by atoms with Crippen LogP contribution in [0.3, 0.4) is 0 Å². The van der Waals surface area contributed by atoms with Gasteiger partial charge in [-0.05, 0) is 53.9 Å². The normalized spacial score (nSPS) is 11.9. The van der Waals surface area contributed by atoms with E-state index in [9.17, 15) is 14.6 Å². The van der Waals surface area contributed by atoms with E-state index < -0.39 is 17.7 Å². The maximum Gasteiger partial charge on any atom is 0.165 e. The molecular weight excluding hydrogens is 397 g/mol. The Morgan fingerprint density at radius 2 is 1.68 bits per heavy atom. The summed E-state index contributed by atoms with van der Waals surface area (Å²) >= 11 is 0. The molecule has 3 aromatic rings. The average Bonchev–Trinajstić information content (AvgIpc) is 2.80. The molecular formula is C25H28FNO4. The highest BCUT2D eigenvalue weighted by Crippen LogP contribution is 2.20. The van der Waals surface area contributed by atoms with Crippen LogP contribution in [0.15, 0.2) is 72.8 Å². The second-order valence-electron chi connectivity index (χ2n) is 7.21. The van der Waals surface area contributed by atoms with Crippen LogP contribution in [0, 0.1) is 5.82 Å². The molecule has 6 heteroatoms. The van der Waals surface area contributed by atoms with Crippen LogP contribution in [0.4, 0.5) is 4.39 Å². The molecule has 0 heterocycles. The van der Waals surface area contributed by atoms with Gasteiger partial charge < -0.3 is 25.0 Å². The minimum absolute atomic E-state index is 0.300. The number of phenolic OH excluding ortho intramolecular Hbond substituents is 1. The van der Waals surface area contributed by atoms with Gasteiger partial charge in [-0.3, -0.25) is 0 Å². The van der Waals surface area contributed by atoms with Crippen molar-refractivity contribution in [1.29, 1.82) is 0 Å². The van der Waals surface area contributed by atoms with Gasteiger partial charge in [0.25, 0.3) is 0 Å². The fourth-order valence-electron chi connectivity index (χ4n) is 3.05. The first-order valence-electron chi connectivity index (χ1n) is 10.3. The van der Waals surface area contributed by atoms with Gasteiger partial charge in [-0.1, -0.05) is 48.5 Å². The lowest BCUT2D eigenvalue weighted by molar-refractivity contribution is 0.0889. The van der Waals surface area contributed by atoms with E-state index in [0.29, 0.717) is 38.5 Å². The number of aliphatic hydroxyl groups excluding tert-OH is 1. The third kappa shape index (κ3) is 7.68. The molecule has 0 saturated carbocycles. The van der Waals surface area contributed by atoms with E-state index in [4.69, 9.17) is 9.47 Å². The molecule has 0 radical (unpaired) electrons. The summed E-state index contributed by atoms with van der Waals surface area (Å²) < 4.78 is 24.7. The molecule has 0 aliphatic rings. The predicted octanol–water partition coefficient (Wildman–Crippen LogP) is 3.99. The van der Waals surface area contributed by atoms with E-state index in [2.05, 4.69) is 5.32 Å². The van der Waals surface area contributed by atoms with Crippen LogP contribution in [0.25, 0.3) is 0 Å². The molecule has 0 amide bonds. The Kier molecular flexibility index (Phi) is 8.84. The summed E-state index contributed by atoms with van der Waals surface area (Å²) in [5.74, 6) is -0.359. The minimum Gasteiger partial charge on any atom is -0.505 e. The summed E-state index contributed by atoms with van der Waals surface area (Å²) in [4.78, 5) is 0. The van der Waals surface area contributed by atoms with E-state index in [-0.39, 0.29) is 0 Å². The zero-order chi connectivity index (χ0) is 21.9. The topological polar surface area (TPSA) is 71.0 Å². The van der Waals surface area contributed by atoms with Crippen LogP contribution >= 0.6 is 0 Å². The zero-order valence-corrected chi connectivity index (χ0v) is 17.3. The van der Waals surface area contributed by atoms with Gasteiger partial charge in [0, 0.05) is 6.54 Å². The molecule has 5 nitrogen and oxygen atoms in total. The first kappa shape index (κ1) is 22.7. The maximum atomic E-state index is 13.4. The Bertz CT molecular complexity index is 919. The van der Waals surface area contributed by atoms with Gasteiger partial charge in [-0.15, -0.1) is 0 Å². The standard InChI is InChI=1S/C25H28FNO4/c26-23-16-21(8-11-24(23)28)25(29)17-27-13-12-19-6-9-22(10-7-19)31-15-14-30-18-20-4-2-1-3-5-20/h1-11,16,25,27-29H,12-15,17-18H2. The summed E-state index contributed by atoms with van der Waals surface area (Å²) in [5, 5.41) is 22.5. The molecule has 3 N–H and O–H groups in total. The highest BCUT2D eigenvalue weighted by Gasteiger charge is 2.10. The first-order valence-corrected chi connectivity index (χ1v) is 10.3. The highest BCUT2D eigenvalue weighted by molar-refractivity contribution is 5.29. The molecule has 31 heavy (non-hydrogen) atoms. The number of phenols is 1. The van der Waals surface area contributed by atoms with Gasteiger partial charge in [-0.2, -0.15) is 0 Å². The molecule has 0 bridgehead atoms. The SMILES string of the molecule is Oc1ccc(C(O)CNCCc2ccc(OCCOCc3ccccc3)cc2)cc1F. The lowest BCUT2D eigenvalue weighted by Crippen LogP contribution is -2.23. The molecule has 0 aliphatic heterocycles. The second-order valence-corrected chi connectivity index (χ2v) is 7.21. The molecule has 0 aliphatic carbocycles. The Balaban J connectivity index is 1.29. The van der Waals surface area contributed by atoms with Gasteiger partial charge in [-0.25, -0.2) is 4.39 Å². The number of rotatable bonds is 12. The van der Waals surface area contributed by atoms with Gasteiger partial charge in [0.15, 0.2) is 11.6 Å². The minimum atomic E-state index is -0.838. The number of halogens is 1. The lowest BCUT2D eigenvalue weighted by atomic mass is 10.1. The van der Waals surface area contributed by atoms with Gasteiger partial charge in [0.05, 0.1) is 19.3 Å². The third-order valence-corrected chi connectivity index (χ3v) is 4.82. The van der Waals surface area contributed by atoms with E-state index >= 15 is 0 Å². The van der Waals surface area contributed by atoms with Crippen LogP contribution in [0.2, 0.25) is 0 Å². The van der Waals surface area contributed by atoms with Gasteiger partial charge in [0.1, 0.15) is 12.4 Å². The van der Waals surface area contributed by atoms with Crippen LogP contribution in [-0.4, -0.2) is 36.5 Å².